The number of hydrogen-bond acceptors (Lipinski definition) is 6. The predicted octanol–water partition coefficient (Wildman–Crippen LogP) is 3.27. The van der Waals surface area contributed by atoms with Crippen LogP contribution in [0.4, 0.5) is 0 Å². The van der Waals surface area contributed by atoms with Crippen LogP contribution in [0, 0.1) is 0 Å². The maximum Gasteiger partial charge on any atom is 0.245 e. The molecule has 0 atom stereocenters. The van der Waals surface area contributed by atoms with E-state index in [1.807, 2.05) is 6.07 Å². The number of benzene rings is 3. The molecule has 0 aliphatic heterocycles. The summed E-state index contributed by atoms with van der Waals surface area (Å²) < 4.78 is 10.8. The van der Waals surface area contributed by atoms with E-state index in [1.165, 1.54) is 20.3 Å². The SMILES string of the molecule is COc1cc2cc(C=CC(=O)Cl)c3cc(OC)c(CO)c(CO)c3c2cc1CO. The Hall–Kier alpha value is -2.64. The summed E-state index contributed by atoms with van der Waals surface area (Å²) in [5.41, 5.74) is 2.25. The van der Waals surface area contributed by atoms with Crippen molar-refractivity contribution in [2.45, 2.75) is 19.8 Å². The number of allylic oxidation sites excluding steroid dienone is 1. The Morgan fingerprint density at radius 2 is 1.62 bits per heavy atom. The number of fused-ring (bicyclic) bond motifs is 3. The van der Waals surface area contributed by atoms with E-state index >= 15 is 0 Å². The number of aliphatic hydroxyl groups is 3. The summed E-state index contributed by atoms with van der Waals surface area (Å²) in [5, 5.41) is 32.1. The number of halogens is 1. The zero-order chi connectivity index (χ0) is 21.1. The fraction of sp³-hybridized carbons (Fsp3) is 0.227. The maximum absolute atomic E-state index is 11.3. The van der Waals surface area contributed by atoms with Gasteiger partial charge in [0.05, 0.1) is 34.0 Å². The second kappa shape index (κ2) is 8.80. The first-order valence-electron chi connectivity index (χ1n) is 8.85. The molecule has 0 aliphatic carbocycles. The first-order valence-corrected chi connectivity index (χ1v) is 9.23. The summed E-state index contributed by atoms with van der Waals surface area (Å²) in [6.45, 7) is -0.874. The molecule has 0 spiro atoms. The molecule has 3 rings (SSSR count). The molecule has 7 heteroatoms. The van der Waals surface area contributed by atoms with Gasteiger partial charge in [0.15, 0.2) is 0 Å². The molecule has 29 heavy (non-hydrogen) atoms. The van der Waals surface area contributed by atoms with Crippen LogP contribution >= 0.6 is 11.6 Å². The molecule has 6 nitrogen and oxygen atoms in total. The van der Waals surface area contributed by atoms with E-state index in [0.717, 1.165) is 10.8 Å². The molecule has 3 N–H and O–H groups in total. The van der Waals surface area contributed by atoms with Gasteiger partial charge < -0.3 is 24.8 Å². The summed E-state index contributed by atoms with van der Waals surface area (Å²) in [4.78, 5) is 11.3. The third kappa shape index (κ3) is 3.80. The lowest BCUT2D eigenvalue weighted by Crippen LogP contribution is -2.02. The second-order valence-electron chi connectivity index (χ2n) is 6.42. The third-order valence-corrected chi connectivity index (χ3v) is 5.08. The number of carbonyl (C=O) groups is 1. The first-order chi connectivity index (χ1) is 14.0. The normalized spacial score (nSPS) is 11.5. The average Bonchev–Trinajstić information content (AvgIpc) is 2.74. The van der Waals surface area contributed by atoms with Gasteiger partial charge >= 0.3 is 0 Å². The van der Waals surface area contributed by atoms with Crippen molar-refractivity contribution in [3.05, 3.63) is 52.6 Å². The van der Waals surface area contributed by atoms with Crippen LogP contribution < -0.4 is 9.47 Å². The largest absolute Gasteiger partial charge is 0.496 e. The number of rotatable bonds is 7. The highest BCUT2D eigenvalue weighted by Gasteiger charge is 2.18. The molecule has 0 unspecified atom stereocenters. The summed E-state index contributed by atoms with van der Waals surface area (Å²) >= 11 is 5.48. The molecule has 0 heterocycles. The number of carbonyl (C=O) groups excluding carboxylic acids is 1. The van der Waals surface area contributed by atoms with Crippen molar-refractivity contribution >= 4 is 44.5 Å². The molecule has 0 aliphatic rings. The second-order valence-corrected chi connectivity index (χ2v) is 6.79. The summed E-state index contributed by atoms with van der Waals surface area (Å²) in [6.07, 6.45) is 2.83. The van der Waals surface area contributed by atoms with Crippen molar-refractivity contribution in [1.29, 1.82) is 0 Å². The summed E-state index contributed by atoms with van der Waals surface area (Å²) in [6, 6.07) is 7.19. The molecule has 3 aromatic rings. The van der Waals surface area contributed by atoms with Crippen LogP contribution in [0.2, 0.25) is 0 Å². The van der Waals surface area contributed by atoms with E-state index in [1.54, 1.807) is 24.3 Å². The third-order valence-electron chi connectivity index (χ3n) is 4.95. The molecular formula is C22H21ClO6. The number of aliphatic hydroxyl groups excluding tert-OH is 3. The van der Waals surface area contributed by atoms with Crippen LogP contribution in [0.5, 0.6) is 11.5 Å². The molecule has 0 bridgehead atoms. The highest BCUT2D eigenvalue weighted by atomic mass is 35.5. The molecule has 0 aromatic heterocycles. The number of methoxy groups -OCH3 is 2. The van der Waals surface area contributed by atoms with Gasteiger partial charge in [-0.15, -0.1) is 0 Å². The summed E-state index contributed by atoms with van der Waals surface area (Å²) in [7, 11) is 3.00. The van der Waals surface area contributed by atoms with Crippen LogP contribution in [0.25, 0.3) is 27.6 Å². The van der Waals surface area contributed by atoms with Crippen molar-refractivity contribution in [2.24, 2.45) is 0 Å². The summed E-state index contributed by atoms with van der Waals surface area (Å²) in [5.74, 6) is 0.940. The molecule has 0 saturated heterocycles. The number of hydrogen-bond donors (Lipinski definition) is 3. The predicted molar refractivity (Wildman–Crippen MR) is 112 cm³/mol. The van der Waals surface area contributed by atoms with Gasteiger partial charge in [0.25, 0.3) is 0 Å². The van der Waals surface area contributed by atoms with Gasteiger partial charge in [-0.05, 0) is 80.7 Å². The van der Waals surface area contributed by atoms with Crippen LogP contribution in [0.3, 0.4) is 0 Å². The fourth-order valence-corrected chi connectivity index (χ4v) is 3.71. The average molecular weight is 417 g/mol. The molecule has 0 fully saturated rings. The van der Waals surface area contributed by atoms with Gasteiger partial charge in [-0.2, -0.15) is 0 Å². The van der Waals surface area contributed by atoms with Crippen molar-refractivity contribution in [3.8, 4) is 11.5 Å². The lowest BCUT2D eigenvalue weighted by atomic mass is 9.89. The van der Waals surface area contributed by atoms with Crippen LogP contribution in [0.1, 0.15) is 22.3 Å². The van der Waals surface area contributed by atoms with E-state index in [2.05, 4.69) is 0 Å². The highest BCUT2D eigenvalue weighted by Crippen LogP contribution is 2.40. The zero-order valence-electron chi connectivity index (χ0n) is 16.0. The van der Waals surface area contributed by atoms with Crippen molar-refractivity contribution in [3.63, 3.8) is 0 Å². The van der Waals surface area contributed by atoms with Gasteiger partial charge in [0.2, 0.25) is 5.24 Å². The van der Waals surface area contributed by atoms with E-state index < -0.39 is 5.24 Å². The Bertz CT molecular complexity index is 1120. The quantitative estimate of drug-likeness (QED) is 0.311. The van der Waals surface area contributed by atoms with E-state index in [4.69, 9.17) is 21.1 Å². The standard InChI is InChI=1S/C22H21ClO6/c1-28-19-7-13-5-12(3-4-21(23)27)16-8-20(29-2)17(10-25)18(11-26)22(16)15(13)6-14(19)9-24/h3-8,24-26H,9-11H2,1-2H3. The molecular weight excluding hydrogens is 396 g/mol. The minimum atomic E-state index is -0.618. The van der Waals surface area contributed by atoms with Crippen LogP contribution in [-0.2, 0) is 24.6 Å². The monoisotopic (exact) mass is 416 g/mol. The van der Waals surface area contributed by atoms with Crippen molar-refractivity contribution in [1.82, 2.24) is 0 Å². The molecule has 152 valence electrons. The molecule has 0 saturated carbocycles. The minimum Gasteiger partial charge on any atom is -0.496 e. The molecule has 0 radical (unpaired) electrons. The van der Waals surface area contributed by atoms with Gasteiger partial charge in [-0.25, -0.2) is 0 Å². The zero-order valence-corrected chi connectivity index (χ0v) is 16.8. The molecule has 0 amide bonds. The first kappa shape index (κ1) is 21.1. The Balaban J connectivity index is 2.57. The Labute approximate surface area is 172 Å². The van der Waals surface area contributed by atoms with Gasteiger partial charge in [-0.1, -0.05) is 0 Å². The van der Waals surface area contributed by atoms with Gasteiger partial charge in [0.1, 0.15) is 11.5 Å². The number of ether oxygens (including phenoxy) is 2. The highest BCUT2D eigenvalue weighted by molar-refractivity contribution is 6.66. The van der Waals surface area contributed by atoms with Crippen LogP contribution in [-0.4, -0.2) is 34.8 Å². The van der Waals surface area contributed by atoms with Crippen molar-refractivity contribution in [2.75, 3.05) is 14.2 Å². The topological polar surface area (TPSA) is 96.2 Å². The van der Waals surface area contributed by atoms with Crippen molar-refractivity contribution < 1.29 is 29.6 Å². The lowest BCUT2D eigenvalue weighted by molar-refractivity contribution is -0.107. The van der Waals surface area contributed by atoms with Gasteiger partial charge in [0, 0.05) is 11.1 Å². The Morgan fingerprint density at radius 1 is 0.931 bits per heavy atom. The van der Waals surface area contributed by atoms with Gasteiger partial charge in [-0.3, -0.25) is 4.79 Å². The Morgan fingerprint density at radius 3 is 2.17 bits per heavy atom. The Kier molecular flexibility index (Phi) is 6.39. The lowest BCUT2D eigenvalue weighted by Gasteiger charge is -2.19. The van der Waals surface area contributed by atoms with E-state index in [9.17, 15) is 20.1 Å². The fourth-order valence-electron chi connectivity index (χ4n) is 3.65. The van der Waals surface area contributed by atoms with E-state index in [0.29, 0.717) is 44.5 Å². The maximum atomic E-state index is 11.3. The van der Waals surface area contributed by atoms with E-state index in [-0.39, 0.29) is 19.8 Å². The minimum absolute atomic E-state index is 0.222. The molecule has 3 aromatic carbocycles. The van der Waals surface area contributed by atoms with Crippen LogP contribution in [0.15, 0.2) is 30.3 Å². The smallest absolute Gasteiger partial charge is 0.245 e.